The minimum absolute atomic E-state index is 0.269. The summed E-state index contributed by atoms with van der Waals surface area (Å²) >= 11 is 0. The number of rotatable bonds is 6. The van der Waals surface area contributed by atoms with E-state index >= 15 is 0 Å². The van der Waals surface area contributed by atoms with Crippen LogP contribution in [0, 0.1) is 0 Å². The lowest BCUT2D eigenvalue weighted by Crippen LogP contribution is -2.22. The first-order valence-electron chi connectivity index (χ1n) is 9.08. The summed E-state index contributed by atoms with van der Waals surface area (Å²) < 4.78 is 10.8. The van der Waals surface area contributed by atoms with Gasteiger partial charge in [-0.05, 0) is 41.8 Å². The Morgan fingerprint density at radius 2 is 2.00 bits per heavy atom. The predicted molar refractivity (Wildman–Crippen MR) is 110 cm³/mol. The molecule has 8 heteroatoms. The van der Waals surface area contributed by atoms with Gasteiger partial charge in [-0.25, -0.2) is 4.98 Å². The quantitative estimate of drug-likeness (QED) is 0.465. The number of nitrogens with one attached hydrogen (secondary N) is 2. The van der Waals surface area contributed by atoms with E-state index in [0.717, 1.165) is 22.4 Å². The van der Waals surface area contributed by atoms with Gasteiger partial charge < -0.3 is 20.2 Å². The molecule has 0 bridgehead atoms. The van der Waals surface area contributed by atoms with Crippen LogP contribution in [-0.2, 0) is 6.42 Å². The minimum atomic E-state index is -0.488. The summed E-state index contributed by atoms with van der Waals surface area (Å²) in [5.74, 6) is 1.66. The van der Waals surface area contributed by atoms with Crippen LogP contribution in [0.2, 0.25) is 0 Å². The lowest BCUT2D eigenvalue weighted by atomic mass is 10.0. The fourth-order valence-electron chi connectivity index (χ4n) is 3.28. The number of methoxy groups -OCH3 is 2. The number of aromatic amines is 2. The van der Waals surface area contributed by atoms with Crippen LogP contribution < -0.4 is 20.8 Å². The zero-order valence-corrected chi connectivity index (χ0v) is 16.1. The van der Waals surface area contributed by atoms with Crippen LogP contribution in [0.25, 0.3) is 22.0 Å². The molecule has 0 radical (unpaired) electrons. The van der Waals surface area contributed by atoms with Crippen molar-refractivity contribution in [3.63, 3.8) is 0 Å². The van der Waals surface area contributed by atoms with Gasteiger partial charge in [0.2, 0.25) is 0 Å². The molecule has 0 aliphatic carbocycles. The minimum Gasteiger partial charge on any atom is -0.497 e. The number of ether oxygens (including phenoxy) is 2. The molecular formula is C21H21N5O3. The molecule has 0 saturated heterocycles. The van der Waals surface area contributed by atoms with Crippen LogP contribution in [0.5, 0.6) is 11.5 Å². The standard InChI is InChI=1S/C21H21N5O3/c1-28-15-5-3-4-12(6-15)7-17(22)20-25-19-16(21(27)26-20)8-13(9-18(19)29-2)14-10-23-24-11-14/h3-6,8-11,17H,7,22H2,1-2H3,(H,23,24)(H,25,26,27)/t17-/m0/s1. The van der Waals surface area contributed by atoms with Crippen molar-refractivity contribution in [2.45, 2.75) is 12.5 Å². The normalized spacial score (nSPS) is 12.1. The molecule has 8 nitrogen and oxygen atoms in total. The summed E-state index contributed by atoms with van der Waals surface area (Å²) in [5.41, 5.74) is 9.20. The molecule has 0 spiro atoms. The second-order valence-electron chi connectivity index (χ2n) is 6.67. The first kappa shape index (κ1) is 18.7. The van der Waals surface area contributed by atoms with Crippen molar-refractivity contribution < 1.29 is 9.47 Å². The SMILES string of the molecule is COc1cccc(C[C@H](N)c2nc3c(OC)cc(-c4cn[nH]c4)cc3c(=O)[nH]2)c1. The van der Waals surface area contributed by atoms with Crippen LogP contribution in [-0.4, -0.2) is 34.4 Å². The van der Waals surface area contributed by atoms with Gasteiger partial charge in [0.05, 0.1) is 31.8 Å². The van der Waals surface area contributed by atoms with Crippen LogP contribution >= 0.6 is 0 Å². The fraction of sp³-hybridized carbons (Fsp3) is 0.190. The summed E-state index contributed by atoms with van der Waals surface area (Å²) in [7, 11) is 3.16. The molecule has 29 heavy (non-hydrogen) atoms. The zero-order chi connectivity index (χ0) is 20.4. The van der Waals surface area contributed by atoms with E-state index < -0.39 is 6.04 Å². The Hall–Kier alpha value is -3.65. The molecule has 4 aromatic rings. The van der Waals surface area contributed by atoms with Gasteiger partial charge in [-0.15, -0.1) is 0 Å². The van der Waals surface area contributed by atoms with Crippen LogP contribution in [0.15, 0.2) is 53.6 Å². The van der Waals surface area contributed by atoms with Crippen molar-refractivity contribution in [1.82, 2.24) is 20.2 Å². The molecule has 0 aliphatic heterocycles. The Labute approximate surface area is 166 Å². The Morgan fingerprint density at radius 1 is 1.14 bits per heavy atom. The van der Waals surface area contributed by atoms with Gasteiger partial charge in [-0.3, -0.25) is 9.89 Å². The van der Waals surface area contributed by atoms with Gasteiger partial charge >= 0.3 is 0 Å². The third-order valence-corrected chi connectivity index (χ3v) is 4.79. The molecule has 1 atom stereocenters. The van der Waals surface area contributed by atoms with Crippen molar-refractivity contribution in [1.29, 1.82) is 0 Å². The van der Waals surface area contributed by atoms with Crippen molar-refractivity contribution in [3.05, 3.63) is 70.5 Å². The molecule has 0 aliphatic rings. The number of hydrogen-bond donors (Lipinski definition) is 3. The summed E-state index contributed by atoms with van der Waals surface area (Å²) in [4.78, 5) is 20.2. The highest BCUT2D eigenvalue weighted by molar-refractivity contribution is 5.89. The highest BCUT2D eigenvalue weighted by Crippen LogP contribution is 2.30. The Balaban J connectivity index is 1.74. The van der Waals surface area contributed by atoms with Gasteiger partial charge in [0.1, 0.15) is 22.8 Å². The van der Waals surface area contributed by atoms with Crippen LogP contribution in [0.3, 0.4) is 0 Å². The molecule has 4 N–H and O–H groups in total. The van der Waals surface area contributed by atoms with Crippen molar-refractivity contribution >= 4 is 10.9 Å². The van der Waals surface area contributed by atoms with E-state index in [1.807, 2.05) is 30.3 Å². The number of benzene rings is 2. The summed E-state index contributed by atoms with van der Waals surface area (Å²) in [6.45, 7) is 0. The molecule has 2 aromatic carbocycles. The Bertz CT molecular complexity index is 1200. The number of fused-ring (bicyclic) bond motifs is 1. The average Bonchev–Trinajstić information content (AvgIpc) is 3.28. The maximum atomic E-state index is 12.8. The van der Waals surface area contributed by atoms with E-state index in [-0.39, 0.29) is 5.56 Å². The van der Waals surface area contributed by atoms with E-state index in [1.54, 1.807) is 32.7 Å². The second kappa shape index (κ2) is 7.76. The summed E-state index contributed by atoms with van der Waals surface area (Å²) in [6, 6.07) is 10.8. The van der Waals surface area contributed by atoms with Gasteiger partial charge in [0, 0.05) is 11.8 Å². The molecule has 0 amide bonds. The van der Waals surface area contributed by atoms with Crippen molar-refractivity contribution in [3.8, 4) is 22.6 Å². The maximum Gasteiger partial charge on any atom is 0.258 e. The van der Waals surface area contributed by atoms with Gasteiger partial charge in [0.25, 0.3) is 5.56 Å². The summed E-state index contributed by atoms with van der Waals surface area (Å²) in [6.07, 6.45) is 3.93. The third kappa shape index (κ3) is 3.70. The molecule has 0 saturated carbocycles. The number of aromatic nitrogens is 4. The topological polar surface area (TPSA) is 119 Å². The maximum absolute atomic E-state index is 12.8. The monoisotopic (exact) mass is 391 g/mol. The highest BCUT2D eigenvalue weighted by atomic mass is 16.5. The number of nitrogens with two attached hydrogens (primary N) is 1. The smallest absolute Gasteiger partial charge is 0.258 e. The predicted octanol–water partition coefficient (Wildman–Crippen LogP) is 2.57. The van der Waals surface area contributed by atoms with E-state index in [2.05, 4.69) is 20.2 Å². The lowest BCUT2D eigenvalue weighted by molar-refractivity contribution is 0.414. The molecule has 148 valence electrons. The summed E-state index contributed by atoms with van der Waals surface area (Å²) in [5, 5.41) is 7.15. The van der Waals surface area contributed by atoms with Gasteiger partial charge in [0.15, 0.2) is 0 Å². The van der Waals surface area contributed by atoms with E-state index in [4.69, 9.17) is 15.2 Å². The molecule has 0 fully saturated rings. The first-order valence-corrected chi connectivity index (χ1v) is 9.08. The molecule has 2 heterocycles. The number of H-pyrrole nitrogens is 2. The van der Waals surface area contributed by atoms with Crippen LogP contribution in [0.1, 0.15) is 17.4 Å². The molecule has 2 aromatic heterocycles. The van der Waals surface area contributed by atoms with E-state index in [1.165, 1.54) is 0 Å². The van der Waals surface area contributed by atoms with Gasteiger partial charge in [-0.2, -0.15) is 5.10 Å². The van der Waals surface area contributed by atoms with E-state index in [9.17, 15) is 4.79 Å². The fourth-order valence-corrected chi connectivity index (χ4v) is 3.28. The lowest BCUT2D eigenvalue weighted by Gasteiger charge is -2.14. The Kier molecular flexibility index (Phi) is 5.01. The van der Waals surface area contributed by atoms with Crippen LogP contribution in [0.4, 0.5) is 0 Å². The largest absolute Gasteiger partial charge is 0.497 e. The Morgan fingerprint density at radius 3 is 2.72 bits per heavy atom. The molecular weight excluding hydrogens is 370 g/mol. The third-order valence-electron chi connectivity index (χ3n) is 4.79. The average molecular weight is 391 g/mol. The molecule has 0 unspecified atom stereocenters. The number of nitrogens with zero attached hydrogens (tertiary/aromatic N) is 2. The van der Waals surface area contributed by atoms with Gasteiger partial charge in [-0.1, -0.05) is 12.1 Å². The second-order valence-corrected chi connectivity index (χ2v) is 6.67. The first-order chi connectivity index (χ1) is 14.1. The number of hydrogen-bond acceptors (Lipinski definition) is 6. The van der Waals surface area contributed by atoms with E-state index in [0.29, 0.717) is 28.9 Å². The van der Waals surface area contributed by atoms with Crippen molar-refractivity contribution in [2.24, 2.45) is 5.73 Å². The zero-order valence-electron chi connectivity index (χ0n) is 16.1. The van der Waals surface area contributed by atoms with Crippen molar-refractivity contribution in [2.75, 3.05) is 14.2 Å². The molecule has 4 rings (SSSR count). The highest BCUT2D eigenvalue weighted by Gasteiger charge is 2.16.